The van der Waals surface area contributed by atoms with E-state index in [0.717, 1.165) is 16.6 Å². The number of β-amino-alcohol motifs (C(OH)–C–C–N with tert-alkyl or cyclic N) is 1. The van der Waals surface area contributed by atoms with Gasteiger partial charge in [-0.1, -0.05) is 6.07 Å². The highest BCUT2D eigenvalue weighted by atomic mass is 16.3. The van der Waals surface area contributed by atoms with Crippen molar-refractivity contribution in [3.8, 4) is 0 Å². The molecule has 19 heavy (non-hydrogen) atoms. The van der Waals surface area contributed by atoms with E-state index in [2.05, 4.69) is 10.3 Å². The van der Waals surface area contributed by atoms with Crippen LogP contribution in [0.1, 0.15) is 11.6 Å². The molecule has 1 aliphatic heterocycles. The average molecular weight is 260 g/mol. The van der Waals surface area contributed by atoms with Crippen molar-refractivity contribution >= 4 is 17.1 Å². The van der Waals surface area contributed by atoms with Crippen LogP contribution in [0.25, 0.3) is 11.0 Å². The molecule has 0 saturated carbocycles. The molecule has 1 aromatic heterocycles. The molecule has 1 fully saturated rings. The Hall–Kier alpha value is -2.08. The molecule has 2 aromatic rings. The topological polar surface area (TPSA) is 70.4 Å². The van der Waals surface area contributed by atoms with Gasteiger partial charge in [-0.3, -0.25) is 0 Å². The first-order chi connectivity index (χ1) is 9.19. The molecule has 1 atom stereocenters. The van der Waals surface area contributed by atoms with Crippen LogP contribution >= 0.6 is 0 Å². The number of carbonyl (C=O) groups excluding carboxylic acids is 1. The number of nitrogens with one attached hydrogen (secondary N) is 1. The molecule has 1 unspecified atom stereocenters. The molecule has 1 saturated heterocycles. The first-order valence-corrected chi connectivity index (χ1v) is 6.26. The molecular weight excluding hydrogens is 244 g/mol. The Morgan fingerprint density at radius 2 is 2.37 bits per heavy atom. The molecule has 1 aromatic carbocycles. The smallest absolute Gasteiger partial charge is 0.318 e. The van der Waals surface area contributed by atoms with E-state index in [1.54, 1.807) is 11.2 Å². The van der Waals surface area contributed by atoms with E-state index in [9.17, 15) is 4.79 Å². The van der Waals surface area contributed by atoms with Crippen LogP contribution in [0.5, 0.6) is 0 Å². The third-order valence-electron chi connectivity index (χ3n) is 3.51. The molecule has 0 bridgehead atoms. The van der Waals surface area contributed by atoms with Crippen molar-refractivity contribution in [3.05, 3.63) is 30.1 Å². The van der Waals surface area contributed by atoms with E-state index < -0.39 is 0 Å². The van der Waals surface area contributed by atoms with Crippen molar-refractivity contribution in [3.63, 3.8) is 0 Å². The number of hydrogen-bond donors (Lipinski definition) is 2. The molecule has 100 valence electrons. The van der Waals surface area contributed by atoms with Gasteiger partial charge < -0.3 is 19.9 Å². The van der Waals surface area contributed by atoms with Crippen LogP contribution in [0.3, 0.4) is 0 Å². The van der Waals surface area contributed by atoms with Crippen molar-refractivity contribution in [2.24, 2.45) is 7.05 Å². The number of fused-ring (bicyclic) bond motifs is 1. The lowest BCUT2D eigenvalue weighted by Crippen LogP contribution is -2.30. The minimum atomic E-state index is -0.125. The number of benzene rings is 1. The first-order valence-electron chi connectivity index (χ1n) is 6.26. The van der Waals surface area contributed by atoms with Gasteiger partial charge in [0, 0.05) is 20.1 Å². The molecule has 0 aliphatic carbocycles. The van der Waals surface area contributed by atoms with Gasteiger partial charge in [0.05, 0.1) is 30.0 Å². The maximum atomic E-state index is 11.7. The number of carbonyl (C=O) groups is 1. The zero-order chi connectivity index (χ0) is 13.4. The van der Waals surface area contributed by atoms with Crippen molar-refractivity contribution in [1.29, 1.82) is 0 Å². The molecule has 3 rings (SSSR count). The minimum absolute atomic E-state index is 0.0145. The molecule has 2 amide bonds. The van der Waals surface area contributed by atoms with Crippen LogP contribution in [-0.2, 0) is 7.05 Å². The van der Waals surface area contributed by atoms with Gasteiger partial charge in [0.2, 0.25) is 0 Å². The summed E-state index contributed by atoms with van der Waals surface area (Å²) in [6.45, 7) is 0.936. The van der Waals surface area contributed by atoms with Gasteiger partial charge in [-0.05, 0) is 17.7 Å². The second-order valence-electron chi connectivity index (χ2n) is 4.78. The first kappa shape index (κ1) is 12.0. The summed E-state index contributed by atoms with van der Waals surface area (Å²) in [5.41, 5.74) is 3.04. The Kier molecular flexibility index (Phi) is 2.87. The highest BCUT2D eigenvalue weighted by molar-refractivity contribution is 5.79. The predicted molar refractivity (Wildman–Crippen MR) is 70.6 cm³/mol. The van der Waals surface area contributed by atoms with Crippen LogP contribution < -0.4 is 5.32 Å². The summed E-state index contributed by atoms with van der Waals surface area (Å²) in [6.07, 6.45) is 1.78. The van der Waals surface area contributed by atoms with Crippen molar-refractivity contribution in [2.45, 2.75) is 6.04 Å². The summed E-state index contributed by atoms with van der Waals surface area (Å²) in [5, 5.41) is 11.8. The lowest BCUT2D eigenvalue weighted by atomic mass is 10.1. The van der Waals surface area contributed by atoms with E-state index in [1.807, 2.05) is 29.8 Å². The Balaban J connectivity index is 1.87. The number of rotatable bonds is 3. The molecule has 2 heterocycles. The fourth-order valence-corrected chi connectivity index (χ4v) is 2.46. The number of amides is 2. The second-order valence-corrected chi connectivity index (χ2v) is 4.78. The normalized spacial score (nSPS) is 19.2. The van der Waals surface area contributed by atoms with Crippen LogP contribution in [0.4, 0.5) is 4.79 Å². The number of nitrogens with zero attached hydrogens (tertiary/aromatic N) is 3. The number of aryl methyl sites for hydroxylation is 1. The molecule has 1 aliphatic rings. The monoisotopic (exact) mass is 260 g/mol. The summed E-state index contributed by atoms with van der Waals surface area (Å²) < 4.78 is 1.96. The van der Waals surface area contributed by atoms with Gasteiger partial charge in [0.1, 0.15) is 0 Å². The van der Waals surface area contributed by atoms with E-state index in [-0.39, 0.29) is 18.7 Å². The summed E-state index contributed by atoms with van der Waals surface area (Å²) in [6, 6.07) is 5.86. The third kappa shape index (κ3) is 2.04. The quantitative estimate of drug-likeness (QED) is 0.850. The van der Waals surface area contributed by atoms with Crippen molar-refractivity contribution < 1.29 is 9.90 Å². The summed E-state index contributed by atoms with van der Waals surface area (Å²) in [7, 11) is 1.95. The molecule has 6 heteroatoms. The average Bonchev–Trinajstić information content (AvgIpc) is 2.95. The largest absolute Gasteiger partial charge is 0.395 e. The zero-order valence-corrected chi connectivity index (χ0v) is 10.7. The van der Waals surface area contributed by atoms with Gasteiger partial charge in [0.15, 0.2) is 0 Å². The Morgan fingerprint density at radius 1 is 1.53 bits per heavy atom. The predicted octanol–water partition coefficient (Wildman–Crippen LogP) is 0.632. The second kappa shape index (κ2) is 4.55. The molecule has 0 radical (unpaired) electrons. The molecular formula is C13H16N4O2. The summed E-state index contributed by atoms with van der Waals surface area (Å²) in [4.78, 5) is 17.6. The summed E-state index contributed by atoms with van der Waals surface area (Å²) in [5.74, 6) is 0. The van der Waals surface area contributed by atoms with Crippen LogP contribution in [-0.4, -0.2) is 45.3 Å². The Bertz CT molecular complexity index is 622. The number of aliphatic hydroxyl groups excluding tert-OH is 1. The number of aliphatic hydroxyl groups is 1. The SMILES string of the molecule is Cn1cnc2cc(C3CN(CCO)C(=O)N3)ccc21. The van der Waals surface area contributed by atoms with Gasteiger partial charge in [-0.25, -0.2) is 9.78 Å². The van der Waals surface area contributed by atoms with E-state index in [4.69, 9.17) is 5.11 Å². The maximum Gasteiger partial charge on any atom is 0.318 e. The Labute approximate surface area is 110 Å². The highest BCUT2D eigenvalue weighted by Gasteiger charge is 2.29. The van der Waals surface area contributed by atoms with Crippen LogP contribution in [0, 0.1) is 0 Å². The number of hydrogen-bond acceptors (Lipinski definition) is 3. The molecule has 6 nitrogen and oxygen atoms in total. The van der Waals surface area contributed by atoms with Gasteiger partial charge in [-0.15, -0.1) is 0 Å². The fraction of sp³-hybridized carbons (Fsp3) is 0.385. The minimum Gasteiger partial charge on any atom is -0.395 e. The van der Waals surface area contributed by atoms with Crippen molar-refractivity contribution in [1.82, 2.24) is 19.8 Å². The van der Waals surface area contributed by atoms with Gasteiger partial charge in [-0.2, -0.15) is 0 Å². The van der Waals surface area contributed by atoms with E-state index >= 15 is 0 Å². The van der Waals surface area contributed by atoms with E-state index in [1.165, 1.54) is 0 Å². The van der Waals surface area contributed by atoms with Crippen LogP contribution in [0.15, 0.2) is 24.5 Å². The number of urea groups is 1. The fourth-order valence-electron chi connectivity index (χ4n) is 2.46. The molecule has 0 spiro atoms. The van der Waals surface area contributed by atoms with E-state index in [0.29, 0.717) is 13.1 Å². The lowest BCUT2D eigenvalue weighted by molar-refractivity contribution is 0.196. The zero-order valence-electron chi connectivity index (χ0n) is 10.7. The third-order valence-corrected chi connectivity index (χ3v) is 3.51. The highest BCUT2D eigenvalue weighted by Crippen LogP contribution is 2.23. The lowest BCUT2D eigenvalue weighted by Gasteiger charge is -2.12. The van der Waals surface area contributed by atoms with Crippen molar-refractivity contribution in [2.75, 3.05) is 19.7 Å². The molecule has 2 N–H and O–H groups in total. The Morgan fingerprint density at radius 3 is 3.16 bits per heavy atom. The standard InChI is InChI=1S/C13H16N4O2/c1-16-8-14-10-6-9(2-3-12(10)16)11-7-17(4-5-18)13(19)15-11/h2-3,6,8,11,18H,4-5,7H2,1H3,(H,15,19). The maximum absolute atomic E-state index is 11.7. The van der Waals surface area contributed by atoms with Crippen LogP contribution in [0.2, 0.25) is 0 Å². The van der Waals surface area contributed by atoms with Gasteiger partial charge >= 0.3 is 6.03 Å². The van der Waals surface area contributed by atoms with Gasteiger partial charge in [0.25, 0.3) is 0 Å². The summed E-state index contributed by atoms with van der Waals surface area (Å²) >= 11 is 0. The number of imidazole rings is 1. The number of aromatic nitrogens is 2.